The minimum atomic E-state index is -0.433. The molecule has 24 heavy (non-hydrogen) atoms. The number of non-ortho nitro benzene ring substituents is 1. The second-order valence-electron chi connectivity index (χ2n) is 6.10. The summed E-state index contributed by atoms with van der Waals surface area (Å²) in [5, 5.41) is 14.6. The second-order valence-corrected chi connectivity index (χ2v) is 6.51. The minimum Gasteiger partial charge on any atom is -0.381 e. The van der Waals surface area contributed by atoms with Crippen LogP contribution in [0, 0.1) is 10.1 Å². The Morgan fingerprint density at radius 2 is 1.88 bits per heavy atom. The average molecular weight is 346 g/mol. The highest BCUT2D eigenvalue weighted by molar-refractivity contribution is 6.33. The van der Waals surface area contributed by atoms with E-state index in [4.69, 9.17) is 11.6 Å². The molecule has 126 valence electrons. The second kappa shape index (κ2) is 7.64. The van der Waals surface area contributed by atoms with E-state index in [9.17, 15) is 10.1 Å². The van der Waals surface area contributed by atoms with Crippen molar-refractivity contribution in [2.24, 2.45) is 0 Å². The molecule has 5 nitrogen and oxygen atoms in total. The smallest absolute Gasteiger partial charge is 0.271 e. The first-order chi connectivity index (χ1) is 11.6. The summed E-state index contributed by atoms with van der Waals surface area (Å²) >= 11 is 6.15. The fraction of sp³-hybridized carbons (Fsp3) is 0.333. The maximum atomic E-state index is 10.8. The fourth-order valence-electron chi connectivity index (χ4n) is 3.03. The molecular weight excluding hydrogens is 326 g/mol. The van der Waals surface area contributed by atoms with Crippen molar-refractivity contribution < 1.29 is 4.92 Å². The number of nitrogens with one attached hydrogen (secondary N) is 1. The van der Waals surface area contributed by atoms with Crippen molar-refractivity contribution in [3.63, 3.8) is 0 Å². The van der Waals surface area contributed by atoms with Crippen LogP contribution in [0.15, 0.2) is 48.5 Å². The van der Waals surface area contributed by atoms with Gasteiger partial charge in [0.1, 0.15) is 0 Å². The molecule has 1 aliphatic rings. The van der Waals surface area contributed by atoms with Gasteiger partial charge >= 0.3 is 0 Å². The van der Waals surface area contributed by atoms with E-state index in [1.807, 2.05) is 6.07 Å². The van der Waals surface area contributed by atoms with Crippen LogP contribution in [0.2, 0.25) is 5.02 Å². The minimum absolute atomic E-state index is 0.0169. The lowest BCUT2D eigenvalue weighted by atomic mass is 10.0. The molecule has 6 heteroatoms. The van der Waals surface area contributed by atoms with Gasteiger partial charge in [0.05, 0.1) is 15.6 Å². The molecule has 1 heterocycles. The van der Waals surface area contributed by atoms with Gasteiger partial charge in [-0.3, -0.25) is 15.0 Å². The Labute approximate surface area is 146 Å². The van der Waals surface area contributed by atoms with E-state index in [1.54, 1.807) is 6.07 Å². The molecule has 1 saturated heterocycles. The lowest BCUT2D eigenvalue weighted by Crippen LogP contribution is -2.38. The molecule has 1 fully saturated rings. The van der Waals surface area contributed by atoms with E-state index in [0.717, 1.165) is 38.2 Å². The summed E-state index contributed by atoms with van der Waals surface area (Å²) in [7, 11) is 0. The molecular formula is C18H20ClN3O2. The van der Waals surface area contributed by atoms with Crippen LogP contribution in [-0.4, -0.2) is 29.0 Å². The van der Waals surface area contributed by atoms with Crippen LogP contribution < -0.4 is 5.32 Å². The zero-order chi connectivity index (χ0) is 16.9. The van der Waals surface area contributed by atoms with Gasteiger partial charge in [0.2, 0.25) is 0 Å². The molecule has 1 aliphatic heterocycles. The van der Waals surface area contributed by atoms with Gasteiger partial charge in [-0.25, -0.2) is 0 Å². The number of benzene rings is 2. The summed E-state index contributed by atoms with van der Waals surface area (Å²) in [4.78, 5) is 12.8. The third kappa shape index (κ3) is 4.24. The third-order valence-corrected chi connectivity index (χ3v) is 4.67. The Morgan fingerprint density at radius 3 is 2.50 bits per heavy atom. The van der Waals surface area contributed by atoms with Gasteiger partial charge in [0.15, 0.2) is 0 Å². The van der Waals surface area contributed by atoms with E-state index >= 15 is 0 Å². The SMILES string of the molecule is O=[N+]([O-])c1ccc(NC2CCN(Cc3ccccc3)CC2)c(Cl)c1. The molecule has 1 N–H and O–H groups in total. The Morgan fingerprint density at radius 1 is 1.17 bits per heavy atom. The summed E-state index contributed by atoms with van der Waals surface area (Å²) in [5.74, 6) is 0. The normalized spacial score (nSPS) is 16.0. The van der Waals surface area contributed by atoms with Crippen LogP contribution in [0.4, 0.5) is 11.4 Å². The van der Waals surface area contributed by atoms with Crippen LogP contribution in [0.3, 0.4) is 0 Å². The van der Waals surface area contributed by atoms with Gasteiger partial charge in [-0.2, -0.15) is 0 Å². The monoisotopic (exact) mass is 345 g/mol. The highest BCUT2D eigenvalue weighted by Crippen LogP contribution is 2.28. The number of hydrogen-bond acceptors (Lipinski definition) is 4. The highest BCUT2D eigenvalue weighted by atomic mass is 35.5. The predicted octanol–water partition coefficient (Wildman–Crippen LogP) is 4.32. The number of nitro groups is 1. The fourth-order valence-corrected chi connectivity index (χ4v) is 3.26. The number of likely N-dealkylation sites (tertiary alicyclic amines) is 1. The predicted molar refractivity (Wildman–Crippen MR) is 96.5 cm³/mol. The average Bonchev–Trinajstić information content (AvgIpc) is 2.59. The van der Waals surface area contributed by atoms with E-state index in [2.05, 4.69) is 34.5 Å². The molecule has 0 bridgehead atoms. The lowest BCUT2D eigenvalue weighted by Gasteiger charge is -2.33. The maximum absolute atomic E-state index is 10.8. The molecule has 0 saturated carbocycles. The van der Waals surface area contributed by atoms with Crippen molar-refractivity contribution in [3.8, 4) is 0 Å². The van der Waals surface area contributed by atoms with Crippen LogP contribution in [0.1, 0.15) is 18.4 Å². The van der Waals surface area contributed by atoms with Crippen molar-refractivity contribution in [1.82, 2.24) is 4.90 Å². The molecule has 0 aliphatic carbocycles. The van der Waals surface area contributed by atoms with Gasteiger partial charge in [0.25, 0.3) is 5.69 Å². The Hall–Kier alpha value is -2.11. The first-order valence-electron chi connectivity index (χ1n) is 8.08. The van der Waals surface area contributed by atoms with Crippen molar-refractivity contribution in [3.05, 3.63) is 69.2 Å². The van der Waals surface area contributed by atoms with Crippen molar-refractivity contribution in [1.29, 1.82) is 0 Å². The van der Waals surface area contributed by atoms with E-state index < -0.39 is 4.92 Å². The Balaban J connectivity index is 1.53. The van der Waals surface area contributed by atoms with Gasteiger partial charge in [0, 0.05) is 37.8 Å². The Bertz CT molecular complexity index is 701. The summed E-state index contributed by atoms with van der Waals surface area (Å²) in [6.45, 7) is 3.03. The first kappa shape index (κ1) is 16.7. The molecule has 0 amide bonds. The van der Waals surface area contributed by atoms with Gasteiger partial charge in [-0.15, -0.1) is 0 Å². The van der Waals surface area contributed by atoms with Crippen molar-refractivity contribution in [2.45, 2.75) is 25.4 Å². The van der Waals surface area contributed by atoms with Crippen LogP contribution >= 0.6 is 11.6 Å². The number of hydrogen-bond donors (Lipinski definition) is 1. The third-order valence-electron chi connectivity index (χ3n) is 4.36. The number of nitrogens with zero attached hydrogens (tertiary/aromatic N) is 2. The van der Waals surface area contributed by atoms with Crippen LogP contribution in [0.25, 0.3) is 0 Å². The zero-order valence-corrected chi connectivity index (χ0v) is 14.1. The van der Waals surface area contributed by atoms with Crippen molar-refractivity contribution >= 4 is 23.0 Å². The van der Waals surface area contributed by atoms with Gasteiger partial charge in [-0.1, -0.05) is 41.9 Å². The zero-order valence-electron chi connectivity index (χ0n) is 13.3. The molecule has 2 aromatic carbocycles. The molecule has 0 radical (unpaired) electrons. The molecule has 3 rings (SSSR count). The molecule has 0 unspecified atom stereocenters. The summed E-state index contributed by atoms with van der Waals surface area (Å²) in [6.07, 6.45) is 2.06. The standard InChI is InChI=1S/C18H20ClN3O2/c19-17-12-16(22(23)24)6-7-18(17)20-15-8-10-21(11-9-15)13-14-4-2-1-3-5-14/h1-7,12,15,20H,8-11,13H2. The molecule has 0 spiro atoms. The lowest BCUT2D eigenvalue weighted by molar-refractivity contribution is -0.384. The number of anilines is 1. The van der Waals surface area contributed by atoms with Gasteiger partial charge < -0.3 is 5.32 Å². The van der Waals surface area contributed by atoms with E-state index in [0.29, 0.717) is 11.1 Å². The highest BCUT2D eigenvalue weighted by Gasteiger charge is 2.20. The molecule has 0 aromatic heterocycles. The Kier molecular flexibility index (Phi) is 5.33. The van der Waals surface area contributed by atoms with Crippen LogP contribution in [-0.2, 0) is 6.54 Å². The maximum Gasteiger partial charge on any atom is 0.271 e. The number of rotatable bonds is 5. The number of nitro benzene ring substituents is 1. The molecule has 2 aromatic rings. The largest absolute Gasteiger partial charge is 0.381 e. The summed E-state index contributed by atoms with van der Waals surface area (Å²) in [6, 6.07) is 15.4. The summed E-state index contributed by atoms with van der Waals surface area (Å²) in [5.41, 5.74) is 2.12. The number of piperidine rings is 1. The number of halogens is 1. The van der Waals surface area contributed by atoms with E-state index in [-0.39, 0.29) is 5.69 Å². The van der Waals surface area contributed by atoms with Crippen LogP contribution in [0.5, 0.6) is 0 Å². The van der Waals surface area contributed by atoms with E-state index in [1.165, 1.54) is 17.7 Å². The topological polar surface area (TPSA) is 58.4 Å². The first-order valence-corrected chi connectivity index (χ1v) is 8.46. The quantitative estimate of drug-likeness (QED) is 0.647. The molecule has 0 atom stereocenters. The van der Waals surface area contributed by atoms with Gasteiger partial charge in [-0.05, 0) is 24.5 Å². The summed E-state index contributed by atoms with van der Waals surface area (Å²) < 4.78 is 0. The van der Waals surface area contributed by atoms with Crippen molar-refractivity contribution in [2.75, 3.05) is 18.4 Å².